The number of rotatable bonds is 8. The Morgan fingerprint density at radius 2 is 1.62 bits per heavy atom. The smallest absolute Gasteiger partial charge is 0.295 e. The number of Topliss-reactive ketones (excluding diaryl/α,β-unsaturated/α-hetero) is 1. The van der Waals surface area contributed by atoms with Crippen molar-refractivity contribution in [1.82, 2.24) is 9.88 Å². The maximum absolute atomic E-state index is 13.5. The van der Waals surface area contributed by atoms with E-state index in [0.717, 1.165) is 27.8 Å². The second-order valence-electron chi connectivity index (χ2n) is 9.44. The maximum Gasteiger partial charge on any atom is 0.295 e. The van der Waals surface area contributed by atoms with Crippen molar-refractivity contribution < 1.29 is 28.9 Å². The van der Waals surface area contributed by atoms with Crippen LogP contribution >= 0.6 is 0 Å². The maximum atomic E-state index is 13.5. The first-order valence-electron chi connectivity index (χ1n) is 12.6. The van der Waals surface area contributed by atoms with Crippen molar-refractivity contribution in [2.24, 2.45) is 0 Å². The third kappa shape index (κ3) is 4.69. The standard InChI is InChI=1S/C31H30N2O6/c1-18-5-7-19(8-6-18)29(34)27-28(24-16-22(38-3)10-12-26(24)39-4)33(31(36)30(27)35)14-13-20-17-32-25-11-9-21(37-2)15-23(20)25/h5-12,15-17,28,32,34H,13-14H2,1-4H3/t28-/m1/s1. The summed E-state index contributed by atoms with van der Waals surface area (Å²) in [7, 11) is 4.68. The molecule has 8 nitrogen and oxygen atoms in total. The number of hydrogen-bond donors (Lipinski definition) is 2. The number of likely N-dealkylation sites (tertiary alicyclic amines) is 1. The highest BCUT2D eigenvalue weighted by Gasteiger charge is 2.47. The van der Waals surface area contributed by atoms with Gasteiger partial charge in [0.2, 0.25) is 0 Å². The lowest BCUT2D eigenvalue weighted by molar-refractivity contribution is -0.139. The molecule has 1 fully saturated rings. The van der Waals surface area contributed by atoms with Gasteiger partial charge < -0.3 is 29.2 Å². The summed E-state index contributed by atoms with van der Waals surface area (Å²) < 4.78 is 16.5. The van der Waals surface area contributed by atoms with Gasteiger partial charge in [-0.05, 0) is 55.3 Å². The largest absolute Gasteiger partial charge is 0.507 e. The normalized spacial score (nSPS) is 16.6. The summed E-state index contributed by atoms with van der Waals surface area (Å²) in [6.45, 7) is 2.16. The van der Waals surface area contributed by atoms with Gasteiger partial charge in [0.15, 0.2) is 0 Å². The third-order valence-electron chi connectivity index (χ3n) is 7.19. The molecular weight excluding hydrogens is 496 g/mol. The fraction of sp³-hybridized carbons (Fsp3) is 0.226. The van der Waals surface area contributed by atoms with Crippen LogP contribution in [-0.2, 0) is 16.0 Å². The number of carbonyl (C=O) groups is 2. The Kier molecular flexibility index (Phi) is 7.02. The molecule has 1 aliphatic heterocycles. The van der Waals surface area contributed by atoms with Gasteiger partial charge in [0.05, 0.1) is 32.9 Å². The number of hydrogen-bond acceptors (Lipinski definition) is 6. The molecular formula is C31H30N2O6. The van der Waals surface area contributed by atoms with Crippen LogP contribution in [0, 0.1) is 6.92 Å². The van der Waals surface area contributed by atoms with Crippen LogP contribution in [0.3, 0.4) is 0 Å². The minimum absolute atomic E-state index is 0.0102. The first kappa shape index (κ1) is 25.9. The molecule has 1 aromatic heterocycles. The summed E-state index contributed by atoms with van der Waals surface area (Å²) in [5.74, 6) is 0.0693. The van der Waals surface area contributed by atoms with Crippen molar-refractivity contribution in [1.29, 1.82) is 0 Å². The van der Waals surface area contributed by atoms with Gasteiger partial charge in [0, 0.05) is 34.8 Å². The zero-order valence-electron chi connectivity index (χ0n) is 22.3. The lowest BCUT2D eigenvalue weighted by Crippen LogP contribution is -2.31. The molecule has 1 saturated heterocycles. The van der Waals surface area contributed by atoms with Crippen LogP contribution in [0.4, 0.5) is 0 Å². The molecule has 3 aromatic carbocycles. The van der Waals surface area contributed by atoms with E-state index in [4.69, 9.17) is 14.2 Å². The monoisotopic (exact) mass is 526 g/mol. The number of fused-ring (bicyclic) bond motifs is 1. The van der Waals surface area contributed by atoms with E-state index in [1.54, 1.807) is 44.6 Å². The Morgan fingerprint density at radius 3 is 2.31 bits per heavy atom. The van der Waals surface area contributed by atoms with E-state index in [1.165, 1.54) is 12.0 Å². The van der Waals surface area contributed by atoms with E-state index in [9.17, 15) is 14.7 Å². The van der Waals surface area contributed by atoms with Gasteiger partial charge in [-0.15, -0.1) is 0 Å². The number of methoxy groups -OCH3 is 3. The SMILES string of the molecule is COc1ccc(OC)c([C@@H]2C(=C(O)c3ccc(C)cc3)C(=O)C(=O)N2CCc2c[nH]c3ccc(OC)cc23)c1. The third-order valence-corrected chi connectivity index (χ3v) is 7.19. The molecule has 2 N–H and O–H groups in total. The van der Waals surface area contributed by atoms with Crippen molar-refractivity contribution in [3.05, 3.63) is 94.7 Å². The molecule has 0 radical (unpaired) electrons. The summed E-state index contributed by atoms with van der Waals surface area (Å²) in [6, 6.07) is 17.2. The number of ether oxygens (including phenoxy) is 3. The Labute approximate surface area is 226 Å². The van der Waals surface area contributed by atoms with Gasteiger partial charge in [-0.25, -0.2) is 0 Å². The molecule has 1 amide bonds. The molecule has 2 heterocycles. The first-order valence-corrected chi connectivity index (χ1v) is 12.6. The Hall–Kier alpha value is -4.72. The molecule has 0 unspecified atom stereocenters. The number of benzene rings is 3. The summed E-state index contributed by atoms with van der Waals surface area (Å²) in [5.41, 5.74) is 3.93. The summed E-state index contributed by atoms with van der Waals surface area (Å²) in [6.07, 6.45) is 2.36. The van der Waals surface area contributed by atoms with E-state index >= 15 is 0 Å². The average molecular weight is 527 g/mol. The van der Waals surface area contributed by atoms with Crippen LogP contribution in [0.2, 0.25) is 0 Å². The van der Waals surface area contributed by atoms with Gasteiger partial charge in [-0.1, -0.05) is 29.8 Å². The topological polar surface area (TPSA) is 101 Å². The van der Waals surface area contributed by atoms with Gasteiger partial charge >= 0.3 is 0 Å². The minimum Gasteiger partial charge on any atom is -0.507 e. The molecule has 0 aliphatic carbocycles. The van der Waals surface area contributed by atoms with Crippen LogP contribution in [0.15, 0.2) is 72.4 Å². The highest BCUT2D eigenvalue weighted by atomic mass is 16.5. The van der Waals surface area contributed by atoms with Crippen molar-refractivity contribution in [3.8, 4) is 17.2 Å². The lowest BCUT2D eigenvalue weighted by Gasteiger charge is -2.27. The fourth-order valence-electron chi connectivity index (χ4n) is 5.09. The number of aliphatic hydroxyl groups is 1. The number of aromatic amines is 1. The van der Waals surface area contributed by atoms with Crippen LogP contribution in [0.5, 0.6) is 17.2 Å². The van der Waals surface area contributed by atoms with E-state index in [2.05, 4.69) is 4.98 Å². The summed E-state index contributed by atoms with van der Waals surface area (Å²) in [4.78, 5) is 31.7. The Bertz CT molecular complexity index is 1580. The van der Waals surface area contributed by atoms with E-state index in [1.807, 2.05) is 43.5 Å². The Morgan fingerprint density at radius 1 is 0.923 bits per heavy atom. The molecule has 5 rings (SSSR count). The van der Waals surface area contributed by atoms with Crippen molar-refractivity contribution >= 4 is 28.4 Å². The van der Waals surface area contributed by atoms with Crippen LogP contribution in [-0.4, -0.2) is 54.6 Å². The van der Waals surface area contributed by atoms with Crippen LogP contribution in [0.25, 0.3) is 16.7 Å². The molecule has 200 valence electrons. The summed E-state index contributed by atoms with van der Waals surface area (Å²) >= 11 is 0. The number of aliphatic hydroxyl groups excluding tert-OH is 1. The predicted octanol–water partition coefficient (Wildman–Crippen LogP) is 5.17. The van der Waals surface area contributed by atoms with Gasteiger partial charge in [0.1, 0.15) is 23.0 Å². The van der Waals surface area contributed by atoms with E-state index in [-0.39, 0.29) is 17.9 Å². The highest BCUT2D eigenvalue weighted by Crippen LogP contribution is 2.44. The molecule has 0 bridgehead atoms. The van der Waals surface area contributed by atoms with Gasteiger partial charge in [-0.3, -0.25) is 9.59 Å². The first-order chi connectivity index (χ1) is 18.9. The number of carbonyl (C=O) groups excluding carboxylic acids is 2. The second kappa shape index (κ2) is 10.6. The number of H-pyrrole nitrogens is 1. The van der Waals surface area contributed by atoms with E-state index < -0.39 is 17.7 Å². The zero-order valence-corrected chi connectivity index (χ0v) is 22.3. The number of nitrogens with one attached hydrogen (secondary N) is 1. The van der Waals surface area contributed by atoms with Crippen LogP contribution < -0.4 is 14.2 Å². The van der Waals surface area contributed by atoms with Crippen molar-refractivity contribution in [2.75, 3.05) is 27.9 Å². The second-order valence-corrected chi connectivity index (χ2v) is 9.44. The lowest BCUT2D eigenvalue weighted by atomic mass is 9.94. The Balaban J connectivity index is 1.61. The van der Waals surface area contributed by atoms with Gasteiger partial charge in [0.25, 0.3) is 11.7 Å². The molecule has 0 spiro atoms. The quantitative estimate of drug-likeness (QED) is 0.187. The number of aromatic nitrogens is 1. The molecule has 1 atom stereocenters. The van der Waals surface area contributed by atoms with Gasteiger partial charge in [-0.2, -0.15) is 0 Å². The fourth-order valence-corrected chi connectivity index (χ4v) is 5.09. The van der Waals surface area contributed by atoms with Crippen LogP contribution in [0.1, 0.15) is 28.3 Å². The summed E-state index contributed by atoms with van der Waals surface area (Å²) in [5, 5.41) is 12.4. The number of ketones is 1. The average Bonchev–Trinajstić information content (AvgIpc) is 3.48. The molecule has 4 aromatic rings. The number of nitrogens with zero attached hydrogens (tertiary/aromatic N) is 1. The van der Waals surface area contributed by atoms with Crippen molar-refractivity contribution in [3.63, 3.8) is 0 Å². The van der Waals surface area contributed by atoms with Crippen molar-refractivity contribution in [2.45, 2.75) is 19.4 Å². The predicted molar refractivity (Wildman–Crippen MR) is 148 cm³/mol. The molecule has 8 heteroatoms. The number of amides is 1. The minimum atomic E-state index is -0.879. The zero-order chi connectivity index (χ0) is 27.7. The molecule has 0 saturated carbocycles. The number of aryl methyl sites for hydroxylation is 1. The van der Waals surface area contributed by atoms with E-state index in [0.29, 0.717) is 29.0 Å². The molecule has 1 aliphatic rings. The highest BCUT2D eigenvalue weighted by molar-refractivity contribution is 6.46. The molecule has 39 heavy (non-hydrogen) atoms.